The predicted molar refractivity (Wildman–Crippen MR) is 324 cm³/mol. The second-order valence-electron chi connectivity index (χ2n) is 22.0. The van der Waals surface area contributed by atoms with E-state index in [1.165, 1.54) is 24.3 Å². The highest BCUT2D eigenvalue weighted by atomic mass is 32.1. The summed E-state index contributed by atoms with van der Waals surface area (Å²) < 4.78 is 95.8. The third-order valence-corrected chi connectivity index (χ3v) is 18.5. The molecule has 0 N–H and O–H groups in total. The van der Waals surface area contributed by atoms with E-state index in [1.807, 2.05) is 0 Å². The first-order valence-corrected chi connectivity index (χ1v) is 30.1. The van der Waals surface area contributed by atoms with Gasteiger partial charge in [-0.1, -0.05) is 133 Å². The molecule has 0 saturated carbocycles. The lowest BCUT2D eigenvalue weighted by Gasteiger charge is -2.41. The van der Waals surface area contributed by atoms with Gasteiger partial charge in [0, 0.05) is 75.9 Å². The van der Waals surface area contributed by atoms with Gasteiger partial charge in [0.25, 0.3) is 0 Å². The quantitative estimate of drug-likeness (QED) is 0.0249. The third kappa shape index (κ3) is 10.0. The molecule has 4 heterocycles. The van der Waals surface area contributed by atoms with Gasteiger partial charge in [-0.25, -0.2) is 36.7 Å². The molecular formula is C72H42F4O14S2. The Morgan fingerprint density at radius 1 is 0.402 bits per heavy atom. The summed E-state index contributed by atoms with van der Waals surface area (Å²) in [5.41, 5.74) is -5.51. The summed E-state index contributed by atoms with van der Waals surface area (Å²) in [4.78, 5) is 117. The Morgan fingerprint density at radius 2 is 0.674 bits per heavy atom. The molecule has 14 rings (SSSR count). The van der Waals surface area contributed by atoms with E-state index in [4.69, 9.17) is 28.4 Å². The van der Waals surface area contributed by atoms with E-state index in [2.05, 4.69) is 0 Å². The van der Waals surface area contributed by atoms with Gasteiger partial charge in [-0.05, 0) is 83.0 Å². The van der Waals surface area contributed by atoms with Gasteiger partial charge in [-0.2, -0.15) is 0 Å². The zero-order chi connectivity index (χ0) is 63.7. The van der Waals surface area contributed by atoms with Gasteiger partial charge in [0.1, 0.15) is 37.9 Å². The van der Waals surface area contributed by atoms with Crippen LogP contribution in [-0.2, 0) is 85.2 Å². The Morgan fingerprint density at radius 3 is 0.946 bits per heavy atom. The van der Waals surface area contributed by atoms with Crippen molar-refractivity contribution < 1.29 is 84.3 Å². The SMILES string of the molecule is O=C1C(=Cc2cc3c(s2)C2=CC4C=C5OC(C(=O)OCc6ccccc6)(C(=O)OCc6ccccc6)c6cc(C=C7C(=O)c8cc(F)c(F)cc8C7=O)sc6C5=CC4C=C2OC3(C(=O)OCc2ccccc2)C(=O)OCc2ccccc2)C(=O)c2cc(F)c(F)cc21. The molecule has 14 nitrogen and oxygen atoms in total. The first-order valence-electron chi connectivity index (χ1n) is 28.5. The van der Waals surface area contributed by atoms with E-state index >= 15 is 19.2 Å². The van der Waals surface area contributed by atoms with Crippen LogP contribution >= 0.6 is 22.7 Å². The van der Waals surface area contributed by atoms with Crippen molar-refractivity contribution >= 4 is 93.0 Å². The molecule has 6 aromatic carbocycles. The van der Waals surface area contributed by atoms with Crippen molar-refractivity contribution in [3.63, 3.8) is 0 Å². The average Bonchev–Trinajstić information content (AvgIpc) is 1.07. The van der Waals surface area contributed by atoms with Crippen LogP contribution in [0.4, 0.5) is 17.6 Å². The largest absolute Gasteiger partial charge is 0.459 e. The maximum atomic E-state index is 15.3. The highest BCUT2D eigenvalue weighted by molar-refractivity contribution is 7.14. The number of fused-ring (bicyclic) bond motifs is 9. The maximum absolute atomic E-state index is 15.3. The molecule has 2 aliphatic heterocycles. The number of ether oxygens (including phenoxy) is 6. The fraction of sp³-hybridized carbons (Fsp3) is 0.111. The van der Waals surface area contributed by atoms with Crippen molar-refractivity contribution in [3.8, 4) is 0 Å². The lowest BCUT2D eigenvalue weighted by molar-refractivity contribution is -0.191. The minimum Gasteiger partial charge on any atom is -0.459 e. The van der Waals surface area contributed by atoms with Gasteiger partial charge < -0.3 is 28.4 Å². The molecule has 0 spiro atoms. The number of hydrogen-bond acceptors (Lipinski definition) is 16. The summed E-state index contributed by atoms with van der Waals surface area (Å²) in [6.07, 6.45) is 9.08. The smallest absolute Gasteiger partial charge is 0.367 e. The second kappa shape index (κ2) is 23.1. The number of esters is 4. The first-order chi connectivity index (χ1) is 44.5. The van der Waals surface area contributed by atoms with Gasteiger partial charge in [0.05, 0.1) is 11.1 Å². The second-order valence-corrected chi connectivity index (χ2v) is 24.2. The molecule has 0 bridgehead atoms. The fourth-order valence-corrected chi connectivity index (χ4v) is 14.1. The minimum atomic E-state index is -2.77. The van der Waals surface area contributed by atoms with Gasteiger partial charge in [-0.3, -0.25) is 19.2 Å². The molecular weight excluding hydrogens is 1230 g/mol. The van der Waals surface area contributed by atoms with Crippen molar-refractivity contribution in [3.05, 3.63) is 303 Å². The standard InChI is InChI=1S/C72H42F4O14S2/c73-55-29-45-46(30-56(55)74)62(78)51(61(45)77)25-43-27-53-65(91-43)49-21-42-24-60-50(22-41(42)23-59(49)89-71(53,67(81)85-33-37-13-5-1-6-14-37)68(82)86-34-38-15-7-2-8-16-38)66-54(28-44(92-66)26-52-63(79)47-31-57(75)58(76)32-48(47)64(52)80)72(90-60,69(83)87-35-39-17-9-3-10-18-39)70(84)88-36-40-19-11-4-12-20-40/h1-32,41-42H,33-36H2. The Labute approximate surface area is 527 Å². The first kappa shape index (κ1) is 58.7. The maximum Gasteiger partial charge on any atom is 0.367 e. The van der Waals surface area contributed by atoms with Crippen LogP contribution in [0.1, 0.15) is 94.3 Å². The predicted octanol–water partition coefficient (Wildman–Crippen LogP) is 13.2. The van der Waals surface area contributed by atoms with Crippen LogP contribution in [0.5, 0.6) is 0 Å². The van der Waals surface area contributed by atoms with E-state index in [9.17, 15) is 36.7 Å². The third-order valence-electron chi connectivity index (χ3n) is 16.3. The highest BCUT2D eigenvalue weighted by Crippen LogP contribution is 2.56. The zero-order valence-electron chi connectivity index (χ0n) is 47.5. The minimum absolute atomic E-state index is 0.0456. The summed E-state index contributed by atoms with van der Waals surface area (Å²) in [5, 5.41) is 0. The molecule has 0 radical (unpaired) electrons. The number of allylic oxidation sites excluding steroid dienone is 8. The molecule has 2 unspecified atom stereocenters. The van der Waals surface area contributed by atoms with Crippen LogP contribution in [0.25, 0.3) is 23.3 Å². The summed E-state index contributed by atoms with van der Waals surface area (Å²) in [6, 6.07) is 39.6. The molecule has 4 aliphatic carbocycles. The number of ketones is 4. The number of rotatable bonds is 14. The topological polar surface area (TPSA) is 192 Å². The van der Waals surface area contributed by atoms with Crippen LogP contribution < -0.4 is 0 Å². The van der Waals surface area contributed by atoms with Gasteiger partial charge >= 0.3 is 35.1 Å². The van der Waals surface area contributed by atoms with Crippen LogP contribution in [-0.4, -0.2) is 47.0 Å². The van der Waals surface area contributed by atoms with E-state index in [0.717, 1.165) is 22.7 Å². The number of carbonyl (C=O) groups excluding carboxylic acids is 8. The molecule has 6 aliphatic rings. The van der Waals surface area contributed by atoms with Crippen LogP contribution in [0.3, 0.4) is 0 Å². The zero-order valence-corrected chi connectivity index (χ0v) is 49.1. The Hall–Kier alpha value is -11.0. The van der Waals surface area contributed by atoms with E-state index in [0.29, 0.717) is 46.5 Å². The summed E-state index contributed by atoms with van der Waals surface area (Å²) >= 11 is 1.86. The summed E-state index contributed by atoms with van der Waals surface area (Å²) in [6.45, 7) is -1.38. The van der Waals surface area contributed by atoms with Crippen LogP contribution in [0.15, 0.2) is 205 Å². The Kier molecular flexibility index (Phi) is 14.8. The van der Waals surface area contributed by atoms with E-state index < -0.39 is 104 Å². The van der Waals surface area contributed by atoms with Crippen LogP contribution in [0.2, 0.25) is 0 Å². The van der Waals surface area contributed by atoms with E-state index in [-0.39, 0.29) is 102 Å². The number of Topliss-reactive ketones (excluding diaryl/α,β-unsaturated/α-hetero) is 4. The van der Waals surface area contributed by atoms with Crippen molar-refractivity contribution in [1.82, 2.24) is 0 Å². The molecule has 454 valence electrons. The normalized spacial score (nSPS) is 17.5. The Bertz CT molecular complexity index is 4250. The van der Waals surface area contributed by atoms with Crippen LogP contribution in [0, 0.1) is 35.1 Å². The molecule has 2 atom stereocenters. The van der Waals surface area contributed by atoms with Crippen molar-refractivity contribution in [2.45, 2.75) is 37.6 Å². The number of carbonyl (C=O) groups is 8. The van der Waals surface area contributed by atoms with Gasteiger partial charge in [-0.15, -0.1) is 22.7 Å². The summed E-state index contributed by atoms with van der Waals surface area (Å²) in [7, 11) is 0. The Balaban J connectivity index is 0.926. The monoisotopic (exact) mass is 1270 g/mol. The fourth-order valence-electron chi connectivity index (χ4n) is 11.7. The van der Waals surface area contributed by atoms with Crippen molar-refractivity contribution in [2.75, 3.05) is 0 Å². The molecule has 8 aromatic rings. The highest BCUT2D eigenvalue weighted by Gasteiger charge is 2.62. The average molecular weight is 1270 g/mol. The number of benzene rings is 6. The molecule has 0 amide bonds. The number of thiophene rings is 2. The van der Waals surface area contributed by atoms with Gasteiger partial charge in [0.2, 0.25) is 0 Å². The molecule has 0 saturated heterocycles. The van der Waals surface area contributed by atoms with Crippen molar-refractivity contribution in [2.24, 2.45) is 11.8 Å². The van der Waals surface area contributed by atoms with E-state index in [1.54, 1.807) is 146 Å². The molecule has 2 aromatic heterocycles. The lowest BCUT2D eigenvalue weighted by atomic mass is 9.75. The lowest BCUT2D eigenvalue weighted by Crippen LogP contribution is -2.51. The molecule has 0 fully saturated rings. The molecule has 20 heteroatoms. The van der Waals surface area contributed by atoms with Crippen molar-refractivity contribution in [1.29, 1.82) is 0 Å². The molecule has 92 heavy (non-hydrogen) atoms. The number of halogens is 4. The number of hydrogen-bond donors (Lipinski definition) is 0. The summed E-state index contributed by atoms with van der Waals surface area (Å²) in [5.74, 6) is -15.6. The van der Waals surface area contributed by atoms with Gasteiger partial charge in [0.15, 0.2) is 46.4 Å².